The summed E-state index contributed by atoms with van der Waals surface area (Å²) in [6.45, 7) is -8.62. The Labute approximate surface area is 119 Å². The zero-order chi connectivity index (χ0) is 18.7. The molecule has 140 valence electrons. The number of halogens is 12. The first kappa shape index (κ1) is 22.0. The summed E-state index contributed by atoms with van der Waals surface area (Å²) < 4.78 is 154. The van der Waals surface area contributed by atoms with E-state index in [0.717, 1.165) is 0 Å². The summed E-state index contributed by atoms with van der Waals surface area (Å²) >= 11 is 0. The van der Waals surface area contributed by atoms with Crippen molar-refractivity contribution in [2.24, 2.45) is 0 Å². The quantitative estimate of drug-likeness (QED) is 0.518. The molecule has 0 fully saturated rings. The lowest BCUT2D eigenvalue weighted by Crippen LogP contribution is -2.56. The molecule has 0 aliphatic rings. The molecule has 15 heteroatoms. The summed E-state index contributed by atoms with van der Waals surface area (Å²) in [7, 11) is 0. The predicted molar refractivity (Wildman–Crippen MR) is 44.8 cm³/mol. The predicted octanol–water partition coefficient (Wildman–Crippen LogP) is 3.94. The van der Waals surface area contributed by atoms with Crippen LogP contribution in [0.2, 0.25) is 0 Å². The minimum atomic E-state index is -6.30. The minimum absolute atomic E-state index is 2.87. The SMILES string of the molecule is FC(F)(F)COC(OCC(F)(F)F)(OCC(F)(F)F)C(F)(F)F. The van der Waals surface area contributed by atoms with Crippen LogP contribution in [-0.2, 0) is 14.2 Å². The van der Waals surface area contributed by atoms with E-state index in [4.69, 9.17) is 0 Å². The Kier molecular flexibility index (Phi) is 6.59. The molecule has 0 N–H and O–H groups in total. The number of hydrogen-bond donors (Lipinski definition) is 0. The molecule has 0 aliphatic carbocycles. The van der Waals surface area contributed by atoms with Gasteiger partial charge in [-0.3, -0.25) is 0 Å². The zero-order valence-electron chi connectivity index (χ0n) is 10.4. The van der Waals surface area contributed by atoms with Crippen LogP contribution in [0.25, 0.3) is 0 Å². The second-order valence-electron chi connectivity index (χ2n) is 3.77. The Balaban J connectivity index is 5.45. The van der Waals surface area contributed by atoms with Crippen molar-refractivity contribution in [3.05, 3.63) is 0 Å². The monoisotopic (exact) mass is 378 g/mol. The number of rotatable bonds is 6. The molecule has 0 heterocycles. The Hall–Kier alpha value is -0.960. The van der Waals surface area contributed by atoms with Crippen molar-refractivity contribution >= 4 is 0 Å². The molecule has 0 spiro atoms. The van der Waals surface area contributed by atoms with Crippen LogP contribution in [0.15, 0.2) is 0 Å². The fourth-order valence-electron chi connectivity index (χ4n) is 0.901. The van der Waals surface area contributed by atoms with Gasteiger partial charge in [-0.1, -0.05) is 0 Å². The van der Waals surface area contributed by atoms with E-state index in [1.165, 1.54) is 0 Å². The topological polar surface area (TPSA) is 27.7 Å². The average molecular weight is 378 g/mol. The smallest absolute Gasteiger partial charge is 0.311 e. The second kappa shape index (κ2) is 6.88. The molecule has 0 aromatic heterocycles. The van der Waals surface area contributed by atoms with Crippen LogP contribution in [0.1, 0.15) is 0 Å². The van der Waals surface area contributed by atoms with Gasteiger partial charge < -0.3 is 14.2 Å². The first-order valence-electron chi connectivity index (χ1n) is 5.06. The van der Waals surface area contributed by atoms with E-state index < -0.39 is 50.5 Å². The fourth-order valence-corrected chi connectivity index (χ4v) is 0.901. The lowest BCUT2D eigenvalue weighted by molar-refractivity contribution is -0.504. The maximum Gasteiger partial charge on any atom is 0.473 e. The summed E-state index contributed by atoms with van der Waals surface area (Å²) in [6.07, 6.45) is -22.8. The van der Waals surface area contributed by atoms with Gasteiger partial charge in [0.25, 0.3) is 0 Å². The highest BCUT2D eigenvalue weighted by atomic mass is 19.4. The molecule has 0 saturated carbocycles. The van der Waals surface area contributed by atoms with Crippen molar-refractivity contribution in [3.63, 3.8) is 0 Å². The maximum absolute atomic E-state index is 12.6. The highest BCUT2D eigenvalue weighted by Gasteiger charge is 2.63. The number of alkyl halides is 12. The van der Waals surface area contributed by atoms with Gasteiger partial charge in [0.15, 0.2) is 0 Å². The average Bonchev–Trinajstić information content (AvgIpc) is 2.22. The summed E-state index contributed by atoms with van der Waals surface area (Å²) in [6, 6.07) is 0. The highest BCUT2D eigenvalue weighted by Crippen LogP contribution is 2.39. The summed E-state index contributed by atoms with van der Waals surface area (Å²) in [5.74, 6) is -5.20. The van der Waals surface area contributed by atoms with E-state index in [-0.39, 0.29) is 0 Å². The Bertz CT molecular complexity index is 319. The van der Waals surface area contributed by atoms with Crippen LogP contribution in [0.5, 0.6) is 0 Å². The molecule has 0 amide bonds. The molecule has 0 rings (SSSR count). The Morgan fingerprint density at radius 3 is 0.783 bits per heavy atom. The molecule has 0 atom stereocenters. The van der Waals surface area contributed by atoms with Gasteiger partial charge in [0.05, 0.1) is 0 Å². The van der Waals surface area contributed by atoms with Crippen LogP contribution >= 0.6 is 0 Å². The van der Waals surface area contributed by atoms with Gasteiger partial charge in [0.2, 0.25) is 0 Å². The van der Waals surface area contributed by atoms with Crippen molar-refractivity contribution in [3.8, 4) is 0 Å². The first-order chi connectivity index (χ1) is 9.87. The Morgan fingerprint density at radius 2 is 0.652 bits per heavy atom. The van der Waals surface area contributed by atoms with Crippen LogP contribution in [0.4, 0.5) is 52.7 Å². The molecule has 3 nitrogen and oxygen atoms in total. The number of ether oxygens (including phenoxy) is 3. The van der Waals surface area contributed by atoms with E-state index in [0.29, 0.717) is 0 Å². The molecular weight excluding hydrogens is 372 g/mol. The van der Waals surface area contributed by atoms with Crippen molar-refractivity contribution in [2.75, 3.05) is 19.8 Å². The standard InChI is InChI=1S/C8H6F12O3/c9-4(10,11)1-21-8(7(18,19)20,22-2-5(12,13)14)23-3-6(15,16)17/h1-3H2. The normalized spacial score (nSPS) is 15.1. The fraction of sp³-hybridized carbons (Fsp3) is 1.00. The van der Waals surface area contributed by atoms with Crippen LogP contribution in [-0.4, -0.2) is 50.5 Å². The molecule has 0 unspecified atom stereocenters. The van der Waals surface area contributed by atoms with E-state index in [1.54, 1.807) is 0 Å². The van der Waals surface area contributed by atoms with Gasteiger partial charge in [-0.05, 0) is 0 Å². The van der Waals surface area contributed by atoms with E-state index in [1.807, 2.05) is 0 Å². The molecule has 0 saturated heterocycles. The molecular formula is C8H6F12O3. The zero-order valence-corrected chi connectivity index (χ0v) is 10.4. The van der Waals surface area contributed by atoms with Gasteiger partial charge in [-0.2, -0.15) is 52.7 Å². The summed E-state index contributed by atoms with van der Waals surface area (Å²) in [5, 5.41) is 0. The highest BCUT2D eigenvalue weighted by molar-refractivity contribution is 4.72. The minimum Gasteiger partial charge on any atom is -0.311 e. The molecule has 0 radical (unpaired) electrons. The summed E-state index contributed by atoms with van der Waals surface area (Å²) in [5.41, 5.74) is 0. The van der Waals surface area contributed by atoms with Crippen molar-refractivity contribution in [1.82, 2.24) is 0 Å². The second-order valence-corrected chi connectivity index (χ2v) is 3.77. The first-order valence-corrected chi connectivity index (χ1v) is 5.06. The van der Waals surface area contributed by atoms with Crippen LogP contribution < -0.4 is 0 Å². The van der Waals surface area contributed by atoms with Crippen LogP contribution in [0.3, 0.4) is 0 Å². The molecule has 23 heavy (non-hydrogen) atoms. The van der Waals surface area contributed by atoms with Gasteiger partial charge >= 0.3 is 30.7 Å². The number of hydrogen-bond acceptors (Lipinski definition) is 3. The van der Waals surface area contributed by atoms with Gasteiger partial charge in [0, 0.05) is 0 Å². The Morgan fingerprint density at radius 1 is 0.435 bits per heavy atom. The van der Waals surface area contributed by atoms with E-state index >= 15 is 0 Å². The third-order valence-electron chi connectivity index (χ3n) is 1.62. The molecule has 0 aliphatic heterocycles. The van der Waals surface area contributed by atoms with E-state index in [9.17, 15) is 52.7 Å². The third kappa shape index (κ3) is 9.04. The molecule has 0 bridgehead atoms. The van der Waals surface area contributed by atoms with E-state index in [2.05, 4.69) is 14.2 Å². The van der Waals surface area contributed by atoms with Gasteiger partial charge in [-0.15, -0.1) is 0 Å². The van der Waals surface area contributed by atoms with Crippen molar-refractivity contribution in [1.29, 1.82) is 0 Å². The maximum atomic E-state index is 12.6. The molecule has 0 aromatic carbocycles. The van der Waals surface area contributed by atoms with Gasteiger partial charge in [-0.25, -0.2) is 0 Å². The molecule has 0 aromatic rings. The van der Waals surface area contributed by atoms with Crippen molar-refractivity contribution < 1.29 is 66.9 Å². The lowest BCUT2D eigenvalue weighted by atomic mass is 10.5. The third-order valence-corrected chi connectivity index (χ3v) is 1.62. The van der Waals surface area contributed by atoms with Gasteiger partial charge in [0.1, 0.15) is 19.8 Å². The lowest BCUT2D eigenvalue weighted by Gasteiger charge is -2.34. The van der Waals surface area contributed by atoms with Crippen molar-refractivity contribution in [2.45, 2.75) is 30.7 Å². The summed E-state index contributed by atoms with van der Waals surface area (Å²) in [4.78, 5) is 0. The van der Waals surface area contributed by atoms with Crippen LogP contribution in [0, 0.1) is 0 Å². The largest absolute Gasteiger partial charge is 0.473 e.